The van der Waals surface area contributed by atoms with E-state index >= 15 is 0 Å². The molecule has 2 amide bonds. The fourth-order valence-electron chi connectivity index (χ4n) is 3.11. The molecule has 1 N–H and O–H groups in total. The largest absolute Gasteiger partial charge is 0.350 e. The van der Waals surface area contributed by atoms with E-state index < -0.39 is 17.6 Å². The number of hydrogen-bond donors (Lipinski definition) is 1. The monoisotopic (exact) mass is 486 g/mol. The summed E-state index contributed by atoms with van der Waals surface area (Å²) >= 11 is 13.3. The molecule has 0 unspecified atom stereocenters. The number of imide groups is 1. The van der Waals surface area contributed by atoms with E-state index in [1.165, 1.54) is 23.9 Å². The van der Waals surface area contributed by atoms with E-state index in [1.54, 1.807) is 12.1 Å². The first-order valence-corrected chi connectivity index (χ1v) is 11.2. The summed E-state index contributed by atoms with van der Waals surface area (Å²) in [5, 5.41) is 3.40. The lowest BCUT2D eigenvalue weighted by Crippen LogP contribution is -2.32. The van der Waals surface area contributed by atoms with Gasteiger partial charge in [0.1, 0.15) is 16.4 Å². The van der Waals surface area contributed by atoms with Crippen molar-refractivity contribution in [2.75, 3.05) is 10.2 Å². The van der Waals surface area contributed by atoms with Crippen molar-refractivity contribution in [1.29, 1.82) is 0 Å². The van der Waals surface area contributed by atoms with Crippen LogP contribution in [0.1, 0.15) is 11.1 Å². The smallest absolute Gasteiger partial charge is 0.283 e. The summed E-state index contributed by atoms with van der Waals surface area (Å²) < 4.78 is 13.7. The van der Waals surface area contributed by atoms with Crippen molar-refractivity contribution < 1.29 is 14.0 Å². The number of nitrogens with zero attached hydrogens (tertiary/aromatic N) is 1. The standard InChI is InChI=1S/C24H17Cl2FN2O2S/c1-13-3-8-17(9-4-13)32-22-21(28-15-6-5-14(2)18(25)11-15)23(30)29(24(22)31)16-7-10-20(27)19(26)12-16/h3-12,28H,1-2H3. The molecule has 0 bridgehead atoms. The molecule has 0 radical (unpaired) electrons. The van der Waals surface area contributed by atoms with E-state index in [9.17, 15) is 14.0 Å². The van der Waals surface area contributed by atoms with Gasteiger partial charge in [-0.05, 0) is 61.9 Å². The number of amides is 2. The van der Waals surface area contributed by atoms with Crippen molar-refractivity contribution >= 4 is 58.2 Å². The molecule has 32 heavy (non-hydrogen) atoms. The highest BCUT2D eigenvalue weighted by Gasteiger charge is 2.40. The summed E-state index contributed by atoms with van der Waals surface area (Å²) in [7, 11) is 0. The summed E-state index contributed by atoms with van der Waals surface area (Å²) in [4.78, 5) is 28.7. The Balaban J connectivity index is 1.76. The van der Waals surface area contributed by atoms with Crippen molar-refractivity contribution in [2.24, 2.45) is 0 Å². The second kappa shape index (κ2) is 8.98. The molecule has 3 aromatic carbocycles. The Kier molecular flexibility index (Phi) is 6.29. The van der Waals surface area contributed by atoms with Crippen molar-refractivity contribution in [3.63, 3.8) is 0 Å². The minimum Gasteiger partial charge on any atom is -0.350 e. The Hall–Kier alpha value is -2.80. The minimum atomic E-state index is -0.635. The molecule has 0 aliphatic carbocycles. The molecule has 0 saturated carbocycles. The van der Waals surface area contributed by atoms with Gasteiger partial charge in [-0.15, -0.1) is 0 Å². The van der Waals surface area contributed by atoms with Gasteiger partial charge in [0.25, 0.3) is 11.8 Å². The number of aryl methyl sites for hydroxylation is 2. The lowest BCUT2D eigenvalue weighted by molar-refractivity contribution is -0.120. The molecule has 1 aliphatic heterocycles. The van der Waals surface area contributed by atoms with Crippen LogP contribution in [0, 0.1) is 19.7 Å². The summed E-state index contributed by atoms with van der Waals surface area (Å²) in [6, 6.07) is 16.6. The average molecular weight is 487 g/mol. The van der Waals surface area contributed by atoms with Gasteiger partial charge >= 0.3 is 0 Å². The fourth-order valence-corrected chi connectivity index (χ4v) is 4.39. The first kappa shape index (κ1) is 22.4. The van der Waals surface area contributed by atoms with Gasteiger partial charge in [0.15, 0.2) is 0 Å². The SMILES string of the molecule is Cc1ccc(SC2=C(Nc3ccc(C)c(Cl)c3)C(=O)N(c3ccc(F)c(Cl)c3)C2=O)cc1. The minimum absolute atomic E-state index is 0.112. The van der Waals surface area contributed by atoms with Crippen molar-refractivity contribution in [3.05, 3.63) is 98.3 Å². The number of benzene rings is 3. The molecule has 0 aromatic heterocycles. The first-order chi connectivity index (χ1) is 15.2. The third-order valence-corrected chi connectivity index (χ3v) is 6.67. The normalized spacial score (nSPS) is 13.8. The van der Waals surface area contributed by atoms with Crippen LogP contribution in [0.25, 0.3) is 0 Å². The van der Waals surface area contributed by atoms with Gasteiger partial charge in [-0.1, -0.05) is 58.7 Å². The van der Waals surface area contributed by atoms with Gasteiger partial charge in [-0.25, -0.2) is 9.29 Å². The maximum atomic E-state index is 13.7. The quantitative estimate of drug-likeness (QED) is 0.405. The molecule has 0 fully saturated rings. The molecule has 0 spiro atoms. The molecule has 162 valence electrons. The Morgan fingerprint density at radius 2 is 1.59 bits per heavy atom. The maximum Gasteiger partial charge on any atom is 0.283 e. The lowest BCUT2D eigenvalue weighted by Gasteiger charge is -2.16. The zero-order chi connectivity index (χ0) is 23.0. The van der Waals surface area contributed by atoms with E-state index in [0.717, 1.165) is 27.0 Å². The second-order valence-corrected chi connectivity index (χ2v) is 9.15. The molecule has 8 heteroatoms. The van der Waals surface area contributed by atoms with Gasteiger partial charge < -0.3 is 5.32 Å². The summed E-state index contributed by atoms with van der Waals surface area (Å²) in [6.45, 7) is 3.83. The summed E-state index contributed by atoms with van der Waals surface area (Å²) in [5.74, 6) is -1.72. The predicted molar refractivity (Wildman–Crippen MR) is 128 cm³/mol. The van der Waals surface area contributed by atoms with Crippen molar-refractivity contribution in [2.45, 2.75) is 18.7 Å². The number of carbonyl (C=O) groups excluding carboxylic acids is 2. The van der Waals surface area contributed by atoms with E-state index in [1.807, 2.05) is 44.2 Å². The first-order valence-electron chi connectivity index (χ1n) is 9.60. The Labute approximate surface area is 199 Å². The molecular formula is C24H17Cl2FN2O2S. The third kappa shape index (κ3) is 4.39. The predicted octanol–water partition coefficient (Wildman–Crippen LogP) is 6.74. The van der Waals surface area contributed by atoms with Crippen LogP contribution in [0.4, 0.5) is 15.8 Å². The zero-order valence-corrected chi connectivity index (χ0v) is 19.4. The zero-order valence-electron chi connectivity index (χ0n) is 17.1. The fraction of sp³-hybridized carbons (Fsp3) is 0.0833. The van der Waals surface area contributed by atoms with Crippen LogP contribution in [0.3, 0.4) is 0 Å². The second-order valence-electron chi connectivity index (χ2n) is 7.25. The molecule has 1 heterocycles. The van der Waals surface area contributed by atoms with E-state index in [-0.39, 0.29) is 21.3 Å². The number of rotatable bonds is 5. The topological polar surface area (TPSA) is 49.4 Å². The highest BCUT2D eigenvalue weighted by Crippen LogP contribution is 2.39. The van der Waals surface area contributed by atoms with E-state index in [2.05, 4.69) is 5.32 Å². The number of halogens is 3. The number of hydrogen-bond acceptors (Lipinski definition) is 4. The highest BCUT2D eigenvalue weighted by molar-refractivity contribution is 8.04. The van der Waals surface area contributed by atoms with Crippen LogP contribution in [0.2, 0.25) is 10.0 Å². The molecule has 4 nitrogen and oxygen atoms in total. The van der Waals surface area contributed by atoms with Gasteiger partial charge in [-0.2, -0.15) is 0 Å². The summed E-state index contributed by atoms with van der Waals surface area (Å²) in [5.41, 5.74) is 2.83. The summed E-state index contributed by atoms with van der Waals surface area (Å²) in [6.07, 6.45) is 0. The third-order valence-electron chi connectivity index (χ3n) is 4.88. The molecule has 0 atom stereocenters. The highest BCUT2D eigenvalue weighted by atomic mass is 35.5. The number of thioether (sulfide) groups is 1. The van der Waals surface area contributed by atoms with Gasteiger partial charge in [0.2, 0.25) is 0 Å². The van der Waals surface area contributed by atoms with Gasteiger partial charge in [-0.3, -0.25) is 9.59 Å². The van der Waals surface area contributed by atoms with Crippen LogP contribution in [0.5, 0.6) is 0 Å². The Morgan fingerprint density at radius 1 is 0.875 bits per heavy atom. The van der Waals surface area contributed by atoms with Crippen LogP contribution in [-0.2, 0) is 9.59 Å². The Morgan fingerprint density at radius 3 is 2.25 bits per heavy atom. The average Bonchev–Trinajstić information content (AvgIpc) is 2.98. The number of carbonyl (C=O) groups is 2. The maximum absolute atomic E-state index is 13.7. The van der Waals surface area contributed by atoms with Crippen LogP contribution >= 0.6 is 35.0 Å². The van der Waals surface area contributed by atoms with Gasteiger partial charge in [0, 0.05) is 15.6 Å². The Bertz CT molecular complexity index is 1280. The lowest BCUT2D eigenvalue weighted by atomic mass is 10.2. The van der Waals surface area contributed by atoms with Crippen molar-refractivity contribution in [1.82, 2.24) is 0 Å². The van der Waals surface area contributed by atoms with Crippen LogP contribution in [-0.4, -0.2) is 11.8 Å². The number of nitrogens with one attached hydrogen (secondary N) is 1. The van der Waals surface area contributed by atoms with Crippen molar-refractivity contribution in [3.8, 4) is 0 Å². The van der Waals surface area contributed by atoms with E-state index in [4.69, 9.17) is 23.2 Å². The number of anilines is 2. The molecule has 1 aliphatic rings. The van der Waals surface area contributed by atoms with Gasteiger partial charge in [0.05, 0.1) is 10.7 Å². The molecule has 3 aromatic rings. The van der Waals surface area contributed by atoms with Crippen LogP contribution < -0.4 is 10.2 Å². The van der Waals surface area contributed by atoms with Crippen LogP contribution in [0.15, 0.2) is 76.2 Å². The molecule has 0 saturated heterocycles. The molecular weight excluding hydrogens is 470 g/mol. The van der Waals surface area contributed by atoms with E-state index in [0.29, 0.717) is 10.7 Å². The molecule has 4 rings (SSSR count).